The summed E-state index contributed by atoms with van der Waals surface area (Å²) in [4.78, 5) is 11.8. The quantitative estimate of drug-likeness (QED) is 0.664. The van der Waals surface area contributed by atoms with Gasteiger partial charge in [0.05, 0.1) is 12.7 Å². The van der Waals surface area contributed by atoms with Crippen LogP contribution in [0.15, 0.2) is 0 Å². The van der Waals surface area contributed by atoms with Crippen LogP contribution in [0.1, 0.15) is 34.1 Å². The second-order valence-corrected chi connectivity index (χ2v) is 6.65. The van der Waals surface area contributed by atoms with E-state index in [0.29, 0.717) is 6.42 Å². The number of aliphatic hydroxyl groups is 3. The summed E-state index contributed by atoms with van der Waals surface area (Å²) in [6, 6.07) is 0. The molecule has 0 aromatic carbocycles. The topological polar surface area (TPSA) is 96.2 Å². The lowest BCUT2D eigenvalue weighted by atomic mass is 9.90. The van der Waals surface area contributed by atoms with Crippen molar-refractivity contribution in [2.24, 2.45) is 11.3 Å². The van der Waals surface area contributed by atoms with Crippen molar-refractivity contribution in [2.75, 3.05) is 13.2 Å². The van der Waals surface area contributed by atoms with Crippen molar-refractivity contribution in [3.8, 4) is 0 Å². The summed E-state index contributed by atoms with van der Waals surface area (Å²) in [7, 11) is 0. The van der Waals surface area contributed by atoms with Gasteiger partial charge in [0.15, 0.2) is 12.1 Å². The zero-order valence-electron chi connectivity index (χ0n) is 12.6. The number of ketones is 1. The first kappa shape index (κ1) is 17.5. The zero-order valence-corrected chi connectivity index (χ0v) is 12.6. The summed E-state index contributed by atoms with van der Waals surface area (Å²) in [5.74, 6) is -0.523. The van der Waals surface area contributed by atoms with Crippen LogP contribution in [0.2, 0.25) is 0 Å². The van der Waals surface area contributed by atoms with Gasteiger partial charge >= 0.3 is 0 Å². The second-order valence-electron chi connectivity index (χ2n) is 6.65. The molecule has 6 heteroatoms. The fraction of sp³-hybridized carbons (Fsp3) is 0.929. The van der Waals surface area contributed by atoms with Crippen LogP contribution in [0, 0.1) is 11.3 Å². The molecule has 1 saturated heterocycles. The number of hydrogen-bond acceptors (Lipinski definition) is 6. The van der Waals surface area contributed by atoms with Gasteiger partial charge in [-0.15, -0.1) is 0 Å². The number of Topliss-reactive ketones (excluding diaryl/α,β-unsaturated/α-hetero) is 1. The van der Waals surface area contributed by atoms with Crippen molar-refractivity contribution >= 4 is 5.78 Å². The number of aliphatic hydroxyl groups excluding tert-OH is 3. The van der Waals surface area contributed by atoms with E-state index in [4.69, 9.17) is 14.6 Å². The van der Waals surface area contributed by atoms with E-state index in [0.717, 1.165) is 0 Å². The molecule has 1 heterocycles. The van der Waals surface area contributed by atoms with Gasteiger partial charge < -0.3 is 24.8 Å². The van der Waals surface area contributed by atoms with Crippen LogP contribution < -0.4 is 0 Å². The minimum absolute atomic E-state index is 0.0468. The molecule has 0 spiro atoms. The second kappa shape index (κ2) is 6.95. The third-order valence-corrected chi connectivity index (χ3v) is 3.32. The highest BCUT2D eigenvalue weighted by molar-refractivity contribution is 5.80. The molecule has 1 fully saturated rings. The van der Waals surface area contributed by atoms with E-state index >= 15 is 0 Å². The molecule has 0 radical (unpaired) electrons. The zero-order chi connectivity index (χ0) is 15.5. The lowest BCUT2D eigenvalue weighted by Gasteiger charge is -2.40. The summed E-state index contributed by atoms with van der Waals surface area (Å²) in [6.07, 6.45) is -3.52. The Kier molecular flexibility index (Phi) is 6.09. The number of carbonyl (C=O) groups excluding carboxylic acids is 1. The third-order valence-electron chi connectivity index (χ3n) is 3.32. The van der Waals surface area contributed by atoms with E-state index in [1.165, 1.54) is 0 Å². The standard InChI is InChI=1S/C14H26O6/c1-8-11(17)12(18)10(6-15)20-13(8)19-7-9(16)5-14(2,3)4/h8,10-13,15,17-18H,5-7H2,1-4H3/t8-,10-,11-,12+,13-/m1/s1. The molecule has 0 saturated carbocycles. The van der Waals surface area contributed by atoms with Gasteiger partial charge in [0, 0.05) is 12.3 Å². The van der Waals surface area contributed by atoms with E-state index in [1.807, 2.05) is 20.8 Å². The Bertz CT molecular complexity index is 322. The highest BCUT2D eigenvalue weighted by Crippen LogP contribution is 2.27. The van der Waals surface area contributed by atoms with Crippen LogP contribution in [0.25, 0.3) is 0 Å². The molecule has 118 valence electrons. The van der Waals surface area contributed by atoms with Gasteiger partial charge in [0.2, 0.25) is 0 Å². The third kappa shape index (κ3) is 4.79. The number of hydrogen-bond donors (Lipinski definition) is 3. The lowest BCUT2D eigenvalue weighted by molar-refractivity contribution is -0.280. The lowest BCUT2D eigenvalue weighted by Crippen LogP contribution is -2.55. The first-order valence-electron chi connectivity index (χ1n) is 6.91. The fourth-order valence-electron chi connectivity index (χ4n) is 2.23. The molecular weight excluding hydrogens is 264 g/mol. The molecule has 1 aliphatic rings. The van der Waals surface area contributed by atoms with E-state index in [-0.39, 0.29) is 17.8 Å². The van der Waals surface area contributed by atoms with E-state index in [1.54, 1.807) is 6.92 Å². The Morgan fingerprint density at radius 3 is 2.35 bits per heavy atom. The molecule has 5 atom stereocenters. The van der Waals surface area contributed by atoms with E-state index in [2.05, 4.69) is 0 Å². The Morgan fingerprint density at radius 2 is 1.85 bits per heavy atom. The van der Waals surface area contributed by atoms with Crippen molar-refractivity contribution in [2.45, 2.75) is 58.7 Å². The van der Waals surface area contributed by atoms with E-state index in [9.17, 15) is 15.0 Å². The normalized spacial score (nSPS) is 35.0. The minimum Gasteiger partial charge on any atom is -0.394 e. The van der Waals surface area contributed by atoms with Crippen molar-refractivity contribution < 1.29 is 29.6 Å². The molecule has 0 unspecified atom stereocenters. The Balaban J connectivity index is 2.52. The van der Waals surface area contributed by atoms with Crippen molar-refractivity contribution in [3.05, 3.63) is 0 Å². The largest absolute Gasteiger partial charge is 0.394 e. The summed E-state index contributed by atoms with van der Waals surface area (Å²) in [6.45, 7) is 7.04. The Hall–Kier alpha value is -0.530. The molecule has 0 amide bonds. The maximum Gasteiger partial charge on any atom is 0.163 e. The summed E-state index contributed by atoms with van der Waals surface area (Å²) in [5.41, 5.74) is -0.108. The average molecular weight is 290 g/mol. The summed E-state index contributed by atoms with van der Waals surface area (Å²) in [5, 5.41) is 28.7. The predicted octanol–water partition coefficient (Wildman–Crippen LogP) is 0.0834. The molecule has 20 heavy (non-hydrogen) atoms. The van der Waals surface area contributed by atoms with Crippen LogP contribution in [-0.4, -0.2) is 58.9 Å². The van der Waals surface area contributed by atoms with Gasteiger partial charge in [0.1, 0.15) is 18.8 Å². The van der Waals surface area contributed by atoms with Crippen LogP contribution in [-0.2, 0) is 14.3 Å². The molecule has 0 aromatic rings. The van der Waals surface area contributed by atoms with Crippen LogP contribution in [0.4, 0.5) is 0 Å². The first-order chi connectivity index (χ1) is 9.15. The Morgan fingerprint density at radius 1 is 1.25 bits per heavy atom. The molecule has 1 rings (SSSR count). The minimum atomic E-state index is -1.15. The molecular formula is C14H26O6. The molecule has 6 nitrogen and oxygen atoms in total. The van der Waals surface area contributed by atoms with Gasteiger partial charge in [-0.05, 0) is 5.41 Å². The van der Waals surface area contributed by atoms with Crippen molar-refractivity contribution in [1.82, 2.24) is 0 Å². The molecule has 1 aliphatic heterocycles. The van der Waals surface area contributed by atoms with Gasteiger partial charge in [-0.3, -0.25) is 4.79 Å². The number of ether oxygens (including phenoxy) is 2. The molecule has 0 bridgehead atoms. The van der Waals surface area contributed by atoms with Gasteiger partial charge in [-0.25, -0.2) is 0 Å². The SMILES string of the molecule is C[C@H]1[C@H](OCC(=O)CC(C)(C)C)O[C@H](CO)[C@H](O)[C@@H]1O. The van der Waals surface area contributed by atoms with Gasteiger partial charge in [-0.1, -0.05) is 27.7 Å². The average Bonchev–Trinajstić information content (AvgIpc) is 2.33. The van der Waals surface area contributed by atoms with Gasteiger partial charge in [0.25, 0.3) is 0 Å². The number of rotatable bonds is 5. The highest BCUT2D eigenvalue weighted by Gasteiger charge is 2.42. The maximum absolute atomic E-state index is 11.8. The highest BCUT2D eigenvalue weighted by atomic mass is 16.7. The monoisotopic (exact) mass is 290 g/mol. The predicted molar refractivity (Wildman–Crippen MR) is 72.0 cm³/mol. The number of carbonyl (C=O) groups is 1. The smallest absolute Gasteiger partial charge is 0.163 e. The molecule has 0 aromatic heterocycles. The van der Waals surface area contributed by atoms with Gasteiger partial charge in [-0.2, -0.15) is 0 Å². The first-order valence-corrected chi connectivity index (χ1v) is 6.91. The van der Waals surface area contributed by atoms with Crippen molar-refractivity contribution in [1.29, 1.82) is 0 Å². The fourth-order valence-corrected chi connectivity index (χ4v) is 2.23. The summed E-state index contributed by atoms with van der Waals surface area (Å²) >= 11 is 0. The molecule has 3 N–H and O–H groups in total. The Labute approximate surface area is 119 Å². The van der Waals surface area contributed by atoms with Crippen LogP contribution >= 0.6 is 0 Å². The van der Waals surface area contributed by atoms with Crippen LogP contribution in [0.3, 0.4) is 0 Å². The molecule has 0 aliphatic carbocycles. The maximum atomic E-state index is 11.8. The van der Waals surface area contributed by atoms with Crippen molar-refractivity contribution in [3.63, 3.8) is 0 Å². The summed E-state index contributed by atoms with van der Waals surface area (Å²) < 4.78 is 10.8. The van der Waals surface area contributed by atoms with Crippen LogP contribution in [0.5, 0.6) is 0 Å². The van der Waals surface area contributed by atoms with E-state index < -0.39 is 37.1 Å².